The number of carbonyl (C=O) groups excluding carboxylic acids is 1. The van der Waals surface area contributed by atoms with Crippen molar-refractivity contribution < 1.29 is 4.79 Å². The highest BCUT2D eigenvalue weighted by Gasteiger charge is 2.21. The van der Waals surface area contributed by atoms with E-state index in [0.29, 0.717) is 17.2 Å². The van der Waals surface area contributed by atoms with Gasteiger partial charge in [0.05, 0.1) is 0 Å². The highest BCUT2D eigenvalue weighted by atomic mass is 32.2. The summed E-state index contributed by atoms with van der Waals surface area (Å²) in [7, 11) is 0. The van der Waals surface area contributed by atoms with Gasteiger partial charge in [0, 0.05) is 23.6 Å². The van der Waals surface area contributed by atoms with E-state index in [-0.39, 0.29) is 5.91 Å². The molecule has 0 bridgehead atoms. The Morgan fingerprint density at radius 2 is 1.90 bits per heavy atom. The fraction of sp³-hybridized carbons (Fsp3) is 0.143. The first-order chi connectivity index (χ1) is 14.2. The van der Waals surface area contributed by atoms with Crippen molar-refractivity contribution in [1.82, 2.24) is 30.0 Å². The van der Waals surface area contributed by atoms with Crippen LogP contribution < -0.4 is 5.32 Å². The van der Waals surface area contributed by atoms with Crippen molar-refractivity contribution >= 4 is 17.7 Å². The lowest BCUT2D eigenvalue weighted by atomic mass is 10.1. The van der Waals surface area contributed by atoms with Gasteiger partial charge in [-0.1, -0.05) is 42.1 Å². The molecule has 146 valence electrons. The number of carbonyl (C=O) groups is 1. The molecule has 4 rings (SSSR count). The Morgan fingerprint density at radius 3 is 2.55 bits per heavy atom. The summed E-state index contributed by atoms with van der Waals surface area (Å²) in [5, 5.41) is 11.0. The Morgan fingerprint density at radius 1 is 1.14 bits per heavy atom. The van der Waals surface area contributed by atoms with Gasteiger partial charge in [-0.05, 0) is 43.0 Å². The molecule has 2 heterocycles. The second kappa shape index (κ2) is 8.32. The van der Waals surface area contributed by atoms with Crippen LogP contribution in [-0.4, -0.2) is 36.9 Å². The van der Waals surface area contributed by atoms with Gasteiger partial charge in [0.2, 0.25) is 0 Å². The molecule has 0 fully saturated rings. The van der Waals surface area contributed by atoms with E-state index in [1.807, 2.05) is 66.4 Å². The molecule has 0 aliphatic carbocycles. The number of rotatable bonds is 6. The highest BCUT2D eigenvalue weighted by Crippen LogP contribution is 2.21. The third-order valence-corrected chi connectivity index (χ3v) is 5.15. The molecular weight excluding hydrogens is 384 g/mol. The molecule has 1 unspecified atom stereocenters. The molecule has 0 spiro atoms. The van der Waals surface area contributed by atoms with Crippen LogP contribution in [0, 0.1) is 6.92 Å². The van der Waals surface area contributed by atoms with Crippen molar-refractivity contribution in [3.05, 3.63) is 89.8 Å². The quantitative estimate of drug-likeness (QED) is 0.480. The summed E-state index contributed by atoms with van der Waals surface area (Å²) in [6.45, 7) is 1.83. The first-order valence-corrected chi connectivity index (χ1v) is 10.3. The maximum atomic E-state index is 12.9. The van der Waals surface area contributed by atoms with Gasteiger partial charge in [0.1, 0.15) is 11.9 Å². The summed E-state index contributed by atoms with van der Waals surface area (Å²) in [6, 6.07) is 16.7. The zero-order valence-electron chi connectivity index (χ0n) is 16.0. The maximum absolute atomic E-state index is 12.9. The molecular formula is C21H20N6OS. The van der Waals surface area contributed by atoms with Crippen LogP contribution in [0.15, 0.2) is 72.1 Å². The lowest BCUT2D eigenvalue weighted by Crippen LogP contribution is -2.30. The first-order valence-electron chi connectivity index (χ1n) is 9.08. The molecule has 2 aromatic carbocycles. The number of aromatic amines is 1. The van der Waals surface area contributed by atoms with Gasteiger partial charge in [0.15, 0.2) is 11.0 Å². The molecule has 4 aromatic rings. The SMILES string of the molecule is CSc1nccn1-c1ccc(C(=O)NC(c2ccccc2)c2n[nH]c(C)n2)cc1. The van der Waals surface area contributed by atoms with E-state index >= 15 is 0 Å². The van der Waals surface area contributed by atoms with E-state index < -0.39 is 6.04 Å². The summed E-state index contributed by atoms with van der Waals surface area (Å²) in [5.41, 5.74) is 2.43. The lowest BCUT2D eigenvalue weighted by Gasteiger charge is -2.16. The Labute approximate surface area is 172 Å². The number of thioether (sulfide) groups is 1. The van der Waals surface area contributed by atoms with Gasteiger partial charge in [-0.25, -0.2) is 9.97 Å². The molecule has 7 nitrogen and oxygen atoms in total. The van der Waals surface area contributed by atoms with Crippen LogP contribution in [0.2, 0.25) is 0 Å². The number of benzene rings is 2. The number of aromatic nitrogens is 5. The average Bonchev–Trinajstić information content (AvgIpc) is 3.41. The van der Waals surface area contributed by atoms with Crippen LogP contribution in [0.25, 0.3) is 5.69 Å². The standard InChI is InChI=1S/C21H20N6OS/c1-14-23-19(26-25-14)18(15-6-4-3-5-7-15)24-20(28)16-8-10-17(11-9-16)27-13-12-22-21(27)29-2/h3-13,18H,1-2H3,(H,24,28)(H,23,25,26). The van der Waals surface area contributed by atoms with E-state index in [4.69, 9.17) is 0 Å². The van der Waals surface area contributed by atoms with Crippen molar-refractivity contribution in [2.24, 2.45) is 0 Å². The number of nitrogens with zero attached hydrogens (tertiary/aromatic N) is 4. The van der Waals surface area contributed by atoms with Crippen LogP contribution in [-0.2, 0) is 0 Å². The first kappa shape index (κ1) is 18.9. The Kier molecular flexibility index (Phi) is 5.44. The predicted molar refractivity (Wildman–Crippen MR) is 112 cm³/mol. The summed E-state index contributed by atoms with van der Waals surface area (Å²) in [4.78, 5) is 21.6. The van der Waals surface area contributed by atoms with Gasteiger partial charge < -0.3 is 5.32 Å². The normalized spacial score (nSPS) is 11.9. The molecule has 1 amide bonds. The smallest absolute Gasteiger partial charge is 0.252 e. The molecule has 0 radical (unpaired) electrons. The summed E-state index contributed by atoms with van der Waals surface area (Å²) in [5.74, 6) is 1.04. The molecule has 29 heavy (non-hydrogen) atoms. The summed E-state index contributed by atoms with van der Waals surface area (Å²) >= 11 is 1.57. The number of nitrogens with one attached hydrogen (secondary N) is 2. The molecule has 1 atom stereocenters. The van der Waals surface area contributed by atoms with Crippen LogP contribution in [0.3, 0.4) is 0 Å². The minimum absolute atomic E-state index is 0.191. The minimum atomic E-state index is -0.440. The topological polar surface area (TPSA) is 88.5 Å². The van der Waals surface area contributed by atoms with Crippen LogP contribution >= 0.6 is 11.8 Å². The number of hydrogen-bond donors (Lipinski definition) is 2. The van der Waals surface area contributed by atoms with Crippen molar-refractivity contribution in [3.8, 4) is 5.69 Å². The van der Waals surface area contributed by atoms with E-state index in [1.54, 1.807) is 30.1 Å². The molecule has 0 aliphatic heterocycles. The summed E-state index contributed by atoms with van der Waals surface area (Å²) in [6.07, 6.45) is 5.64. The Bertz CT molecular complexity index is 1100. The second-order valence-electron chi connectivity index (χ2n) is 6.43. The second-order valence-corrected chi connectivity index (χ2v) is 7.20. The average molecular weight is 404 g/mol. The number of H-pyrrole nitrogens is 1. The zero-order chi connectivity index (χ0) is 20.2. The van der Waals surface area contributed by atoms with Crippen molar-refractivity contribution in [2.75, 3.05) is 6.26 Å². The van der Waals surface area contributed by atoms with Crippen LogP contribution in [0.1, 0.15) is 33.6 Å². The monoisotopic (exact) mass is 404 g/mol. The molecule has 2 aromatic heterocycles. The fourth-order valence-corrected chi connectivity index (χ4v) is 3.59. The van der Waals surface area contributed by atoms with Gasteiger partial charge >= 0.3 is 0 Å². The highest BCUT2D eigenvalue weighted by molar-refractivity contribution is 7.98. The number of hydrogen-bond acceptors (Lipinski definition) is 5. The molecule has 0 aliphatic rings. The van der Waals surface area contributed by atoms with E-state index in [9.17, 15) is 4.79 Å². The van der Waals surface area contributed by atoms with Gasteiger partial charge in [-0.3, -0.25) is 14.5 Å². The minimum Gasteiger partial charge on any atom is -0.338 e. The van der Waals surface area contributed by atoms with E-state index in [2.05, 4.69) is 25.5 Å². The number of aryl methyl sites for hydroxylation is 1. The van der Waals surface area contributed by atoms with Crippen molar-refractivity contribution in [3.63, 3.8) is 0 Å². The lowest BCUT2D eigenvalue weighted by molar-refractivity contribution is 0.0941. The molecule has 2 N–H and O–H groups in total. The Balaban J connectivity index is 1.58. The van der Waals surface area contributed by atoms with Gasteiger partial charge in [0.25, 0.3) is 5.91 Å². The third-order valence-electron chi connectivity index (χ3n) is 4.48. The fourth-order valence-electron chi connectivity index (χ4n) is 3.06. The largest absolute Gasteiger partial charge is 0.338 e. The predicted octanol–water partition coefficient (Wildman–Crippen LogP) is 3.54. The van der Waals surface area contributed by atoms with Gasteiger partial charge in [-0.15, -0.1) is 0 Å². The number of imidazole rings is 1. The van der Waals surface area contributed by atoms with Crippen LogP contribution in [0.5, 0.6) is 0 Å². The number of amides is 1. The van der Waals surface area contributed by atoms with E-state index in [1.165, 1.54) is 0 Å². The van der Waals surface area contributed by atoms with Gasteiger partial charge in [-0.2, -0.15) is 5.10 Å². The molecule has 8 heteroatoms. The van der Waals surface area contributed by atoms with E-state index in [0.717, 1.165) is 16.4 Å². The molecule has 0 saturated carbocycles. The molecule has 0 saturated heterocycles. The summed E-state index contributed by atoms with van der Waals surface area (Å²) < 4.78 is 1.98. The zero-order valence-corrected chi connectivity index (χ0v) is 16.9. The van der Waals surface area contributed by atoms with Crippen LogP contribution in [0.4, 0.5) is 0 Å². The van der Waals surface area contributed by atoms with Crippen molar-refractivity contribution in [1.29, 1.82) is 0 Å². The Hall–Kier alpha value is -3.39. The van der Waals surface area contributed by atoms with Crippen molar-refractivity contribution in [2.45, 2.75) is 18.1 Å². The third kappa shape index (κ3) is 4.07. The maximum Gasteiger partial charge on any atom is 0.252 e.